The van der Waals surface area contributed by atoms with Crippen LogP contribution in [0.1, 0.15) is 114 Å². The molecule has 2 fully saturated rings. The molecule has 0 amide bonds. The predicted octanol–water partition coefficient (Wildman–Crippen LogP) is 9.56. The minimum Gasteiger partial charge on any atom is -0.465 e. The summed E-state index contributed by atoms with van der Waals surface area (Å²) in [4.78, 5) is 37.4. The van der Waals surface area contributed by atoms with E-state index < -0.39 is 10.9 Å². The number of nitrogens with zero attached hydrogens (tertiary/aromatic N) is 4. The largest absolute Gasteiger partial charge is 0.465 e. The number of halogens is 2. The van der Waals surface area contributed by atoms with Gasteiger partial charge in [0.05, 0.1) is 41.6 Å². The van der Waals surface area contributed by atoms with E-state index in [9.17, 15) is 14.7 Å². The zero-order chi connectivity index (χ0) is 45.1. The number of furan rings is 2. The summed E-state index contributed by atoms with van der Waals surface area (Å²) >= 11 is 12.9. The molecule has 0 radical (unpaired) electrons. The number of aliphatic hydroxyl groups excluding tert-OH is 1. The van der Waals surface area contributed by atoms with Gasteiger partial charge in [0, 0.05) is 49.8 Å². The standard InChI is InChI=1S/C38H48Cl2N6O4.C10H17NO/c1-6-27-21-45(17-18-46(27)28-13-15-44(16-14-28)30(22-47)24-8-10-25(39)11-9-24)37-29(40)19-26(20-41-37)42-32-33(35(49)34(32)48)43-36(38(3,4)5)31-12-7-23(2)50-31;1-7-5-6-8(12-7)9(11)10(2,3)4/h7-12,19-20,27-28,30,36,42-43,47H,6,13-18,21-22H2,1-5H3;5-6,9H,11H2,1-4H3/t27-,30+,36-;9-/m00/s1. The molecule has 0 aliphatic carbocycles. The first-order valence-corrected chi connectivity index (χ1v) is 22.6. The quantitative estimate of drug-likeness (QED) is 0.0883. The van der Waals surface area contributed by atoms with Gasteiger partial charge >= 0.3 is 0 Å². The third-order valence-electron chi connectivity index (χ3n) is 12.3. The number of aliphatic hydroxyl groups is 1. The second kappa shape index (κ2) is 19.7. The lowest BCUT2D eigenvalue weighted by Gasteiger charge is -2.48. The molecule has 2 aliphatic heterocycles. The number of anilines is 4. The van der Waals surface area contributed by atoms with E-state index in [1.54, 1.807) is 12.3 Å². The maximum atomic E-state index is 12.7. The first-order chi connectivity index (χ1) is 29.3. The second-order valence-corrected chi connectivity index (χ2v) is 19.9. The van der Waals surface area contributed by atoms with Crippen molar-refractivity contribution in [3.05, 3.63) is 120 Å². The first-order valence-electron chi connectivity index (χ1n) is 21.8. The lowest BCUT2D eigenvalue weighted by Crippen LogP contribution is -2.58. The van der Waals surface area contributed by atoms with Crippen LogP contribution >= 0.6 is 23.2 Å². The number of aromatic nitrogens is 1. The zero-order valence-corrected chi connectivity index (χ0v) is 39.2. The molecule has 12 nitrogen and oxygen atoms in total. The predicted molar refractivity (Wildman–Crippen MR) is 252 cm³/mol. The van der Waals surface area contributed by atoms with E-state index in [-0.39, 0.29) is 46.9 Å². The van der Waals surface area contributed by atoms with Crippen molar-refractivity contribution in [1.82, 2.24) is 14.8 Å². The third-order valence-corrected chi connectivity index (χ3v) is 12.9. The Kier molecular flexibility index (Phi) is 15.0. The van der Waals surface area contributed by atoms with E-state index in [1.165, 1.54) is 0 Å². The Hall–Kier alpha value is -4.17. The highest BCUT2D eigenvalue weighted by atomic mass is 35.5. The monoisotopic (exact) mass is 889 g/mol. The van der Waals surface area contributed by atoms with Gasteiger partial charge in [-0.15, -0.1) is 0 Å². The Morgan fingerprint density at radius 2 is 1.47 bits per heavy atom. The number of nitrogens with two attached hydrogens (primary N) is 1. The van der Waals surface area contributed by atoms with Crippen LogP contribution in [0.5, 0.6) is 0 Å². The van der Waals surface area contributed by atoms with Crippen molar-refractivity contribution in [3.63, 3.8) is 0 Å². The summed E-state index contributed by atoms with van der Waals surface area (Å²) in [6.07, 6.45) is 4.77. The maximum Gasteiger partial charge on any atom is 0.253 e. The van der Waals surface area contributed by atoms with Crippen LogP contribution in [0.4, 0.5) is 22.9 Å². The van der Waals surface area contributed by atoms with Crippen molar-refractivity contribution < 1.29 is 13.9 Å². The molecule has 2 aliphatic rings. The summed E-state index contributed by atoms with van der Waals surface area (Å²) in [7, 11) is 0. The molecule has 7 rings (SSSR count). The summed E-state index contributed by atoms with van der Waals surface area (Å²) in [5, 5.41) is 17.8. The number of hydrogen-bond donors (Lipinski definition) is 4. The summed E-state index contributed by atoms with van der Waals surface area (Å²) in [5.74, 6) is 3.98. The number of piperazine rings is 1. The smallest absolute Gasteiger partial charge is 0.253 e. The summed E-state index contributed by atoms with van der Waals surface area (Å²) in [5.41, 5.74) is 6.66. The van der Waals surface area contributed by atoms with E-state index in [0.717, 1.165) is 74.8 Å². The van der Waals surface area contributed by atoms with Crippen molar-refractivity contribution in [2.24, 2.45) is 16.6 Å². The van der Waals surface area contributed by atoms with Crippen LogP contribution in [-0.4, -0.2) is 71.3 Å². The minimum absolute atomic E-state index is 0.0220. The van der Waals surface area contributed by atoms with Crippen LogP contribution in [0.15, 0.2) is 79.2 Å². The van der Waals surface area contributed by atoms with E-state index in [1.807, 2.05) is 83.1 Å². The van der Waals surface area contributed by atoms with E-state index in [0.29, 0.717) is 39.4 Å². The zero-order valence-electron chi connectivity index (χ0n) is 37.7. The summed E-state index contributed by atoms with van der Waals surface area (Å²) in [6.45, 7) is 23.0. The molecular weight excluding hydrogens is 825 g/mol. The van der Waals surface area contributed by atoms with Crippen LogP contribution in [-0.2, 0) is 0 Å². The van der Waals surface area contributed by atoms with E-state index in [2.05, 4.69) is 53.0 Å². The molecule has 336 valence electrons. The Morgan fingerprint density at radius 3 is 2.00 bits per heavy atom. The van der Waals surface area contributed by atoms with Crippen molar-refractivity contribution in [3.8, 4) is 0 Å². The van der Waals surface area contributed by atoms with E-state index in [4.69, 9.17) is 42.8 Å². The number of pyridine rings is 1. The Labute approximate surface area is 376 Å². The number of hydrogen-bond acceptors (Lipinski definition) is 12. The van der Waals surface area contributed by atoms with Gasteiger partial charge < -0.3 is 35.2 Å². The van der Waals surface area contributed by atoms with Crippen molar-refractivity contribution in [1.29, 1.82) is 0 Å². The Morgan fingerprint density at radius 1 is 0.855 bits per heavy atom. The normalized spacial score (nSPS) is 18.6. The lowest BCUT2D eigenvalue weighted by atomic mass is 9.85. The van der Waals surface area contributed by atoms with Crippen LogP contribution in [0, 0.1) is 24.7 Å². The Bertz CT molecular complexity index is 2310. The van der Waals surface area contributed by atoms with Gasteiger partial charge in [-0.2, -0.15) is 0 Å². The third kappa shape index (κ3) is 10.9. The van der Waals surface area contributed by atoms with Gasteiger partial charge in [0.1, 0.15) is 40.2 Å². The molecule has 5 aromatic rings. The molecule has 62 heavy (non-hydrogen) atoms. The molecule has 3 aromatic heterocycles. The van der Waals surface area contributed by atoms with Gasteiger partial charge in [-0.1, -0.05) is 83.8 Å². The highest BCUT2D eigenvalue weighted by Crippen LogP contribution is 2.39. The fraction of sp³-hybridized carbons (Fsp3) is 0.521. The molecule has 14 heteroatoms. The SMILES string of the molecule is CC[C@H]1CN(c2ncc(Nc3c(N[C@@H](c4ccc(C)o4)C(C)(C)C)c(=O)c3=O)cc2Cl)CCN1C1CCN([C@H](CO)c2ccc(Cl)cc2)CC1.Cc1ccc([C@H](N)C(C)(C)C)o1. The van der Waals surface area contributed by atoms with Gasteiger partial charge in [-0.05, 0) is 92.0 Å². The molecule has 2 saturated heterocycles. The topological polar surface area (TPSA) is 153 Å². The number of nitrogens with one attached hydrogen (secondary N) is 2. The molecule has 5 heterocycles. The average molecular weight is 891 g/mol. The molecule has 0 bridgehead atoms. The number of benzene rings is 1. The van der Waals surface area contributed by atoms with Crippen molar-refractivity contribution >= 4 is 46.1 Å². The molecule has 5 N–H and O–H groups in total. The number of rotatable bonds is 12. The lowest BCUT2D eigenvalue weighted by molar-refractivity contribution is 0.0356. The van der Waals surface area contributed by atoms with Crippen LogP contribution < -0.4 is 32.1 Å². The molecular formula is C48H65Cl2N7O5. The van der Waals surface area contributed by atoms with Gasteiger partial charge in [0.2, 0.25) is 0 Å². The van der Waals surface area contributed by atoms with Crippen LogP contribution in [0.2, 0.25) is 10.0 Å². The summed E-state index contributed by atoms with van der Waals surface area (Å²) < 4.78 is 11.3. The average Bonchev–Trinajstić information content (AvgIpc) is 3.87. The molecule has 4 atom stereocenters. The highest BCUT2D eigenvalue weighted by Gasteiger charge is 2.36. The molecule has 0 unspecified atom stereocenters. The Balaban J connectivity index is 0.000000462. The molecule has 0 spiro atoms. The van der Waals surface area contributed by atoms with Crippen LogP contribution in [0.3, 0.4) is 0 Å². The molecule has 2 aromatic carbocycles. The van der Waals surface area contributed by atoms with Crippen molar-refractivity contribution in [2.45, 2.75) is 112 Å². The summed E-state index contributed by atoms with van der Waals surface area (Å²) in [6, 6.07) is 17.7. The fourth-order valence-corrected chi connectivity index (χ4v) is 9.00. The van der Waals surface area contributed by atoms with Gasteiger partial charge in [-0.25, -0.2) is 4.98 Å². The van der Waals surface area contributed by atoms with Gasteiger partial charge in [-0.3, -0.25) is 19.4 Å². The van der Waals surface area contributed by atoms with Crippen LogP contribution in [0.25, 0.3) is 0 Å². The van der Waals surface area contributed by atoms with E-state index >= 15 is 0 Å². The van der Waals surface area contributed by atoms with Gasteiger partial charge in [0.15, 0.2) is 0 Å². The molecule has 0 saturated carbocycles. The van der Waals surface area contributed by atoms with Gasteiger partial charge in [0.25, 0.3) is 10.9 Å². The number of likely N-dealkylation sites (tertiary alicyclic amines) is 1. The van der Waals surface area contributed by atoms with Crippen molar-refractivity contribution in [2.75, 3.05) is 54.9 Å². The number of aryl methyl sites for hydroxylation is 2. The highest BCUT2D eigenvalue weighted by molar-refractivity contribution is 6.33. The minimum atomic E-state index is -0.583. The fourth-order valence-electron chi connectivity index (χ4n) is 8.59. The first kappa shape index (κ1) is 47.3. The second-order valence-electron chi connectivity index (χ2n) is 19.0. The number of piperidine rings is 1. The maximum absolute atomic E-state index is 12.7.